The van der Waals surface area contributed by atoms with E-state index in [1.165, 1.54) is 44.2 Å². The van der Waals surface area contributed by atoms with Crippen molar-refractivity contribution in [1.29, 1.82) is 0 Å². The van der Waals surface area contributed by atoms with Crippen LogP contribution < -0.4 is 15.5 Å². The lowest BCUT2D eigenvalue weighted by molar-refractivity contribution is 0.0591. The van der Waals surface area contributed by atoms with Crippen LogP contribution in [0.5, 0.6) is 5.75 Å². The molecule has 35 heavy (non-hydrogen) atoms. The fourth-order valence-corrected chi connectivity index (χ4v) is 5.32. The summed E-state index contributed by atoms with van der Waals surface area (Å²) >= 11 is 0. The third-order valence-corrected chi connectivity index (χ3v) is 7.37. The summed E-state index contributed by atoms with van der Waals surface area (Å²) in [5.41, 5.74) is -0.298. The number of pyridine rings is 1. The van der Waals surface area contributed by atoms with Gasteiger partial charge in [-0.2, -0.15) is 4.31 Å². The summed E-state index contributed by atoms with van der Waals surface area (Å²) in [5.74, 6) is -1.82. The summed E-state index contributed by atoms with van der Waals surface area (Å²) in [6.07, 6.45) is 3.04. The average Bonchev–Trinajstić information content (AvgIpc) is 3.25. The Morgan fingerprint density at radius 3 is 2.57 bits per heavy atom. The zero-order chi connectivity index (χ0) is 25.3. The van der Waals surface area contributed by atoms with Gasteiger partial charge in [0.2, 0.25) is 15.5 Å². The smallest absolute Gasteiger partial charge is 0.275 e. The quantitative estimate of drug-likeness (QED) is 0.537. The van der Waals surface area contributed by atoms with Crippen molar-refractivity contribution in [3.8, 4) is 5.75 Å². The Bertz CT molecular complexity index is 1310. The third kappa shape index (κ3) is 4.94. The molecule has 1 fully saturated rings. The van der Waals surface area contributed by atoms with Crippen molar-refractivity contribution in [1.82, 2.24) is 19.1 Å². The van der Waals surface area contributed by atoms with Gasteiger partial charge in [-0.05, 0) is 24.1 Å². The molecule has 1 unspecified atom stereocenters. The van der Waals surface area contributed by atoms with E-state index in [-0.39, 0.29) is 49.8 Å². The first-order chi connectivity index (χ1) is 16.6. The van der Waals surface area contributed by atoms with Gasteiger partial charge in [-0.3, -0.25) is 14.4 Å². The number of nitrogens with one attached hydrogen (secondary N) is 1. The van der Waals surface area contributed by atoms with E-state index >= 15 is 0 Å². The molecular weight excluding hydrogens is 479 g/mol. The van der Waals surface area contributed by atoms with Crippen molar-refractivity contribution >= 4 is 21.8 Å². The highest BCUT2D eigenvalue weighted by Crippen LogP contribution is 2.30. The number of hydrogen-bond acceptors (Lipinski definition) is 6. The molecule has 0 bridgehead atoms. The molecule has 1 atom stereocenters. The van der Waals surface area contributed by atoms with Crippen LogP contribution in [0.4, 0.5) is 4.39 Å². The maximum absolute atomic E-state index is 13.3. The highest BCUT2D eigenvalue weighted by atomic mass is 32.2. The second kappa shape index (κ2) is 9.78. The Kier molecular flexibility index (Phi) is 6.95. The van der Waals surface area contributed by atoms with E-state index in [0.29, 0.717) is 12.0 Å². The Morgan fingerprint density at radius 2 is 1.91 bits per heavy atom. The van der Waals surface area contributed by atoms with Crippen molar-refractivity contribution in [2.24, 2.45) is 0 Å². The van der Waals surface area contributed by atoms with Gasteiger partial charge in [-0.25, -0.2) is 12.8 Å². The minimum Gasteiger partial charge on any atom is -0.487 e. The number of carbonyl (C=O) groups excluding carboxylic acids is 2. The summed E-state index contributed by atoms with van der Waals surface area (Å²) in [6, 6.07) is 5.56. The van der Waals surface area contributed by atoms with E-state index in [4.69, 9.17) is 4.74 Å². The molecule has 10 nitrogen and oxygen atoms in total. The highest BCUT2D eigenvalue weighted by Gasteiger charge is 2.45. The fourth-order valence-electron chi connectivity index (χ4n) is 4.28. The normalized spacial score (nSPS) is 17.7. The SMILES string of the molecule is CCCCOc1c2n(cc(C(=O)NCc3ccc(F)cc3)c1=O)CC1N(CCN1S(C)(=O)=O)C2=O. The number of unbranched alkanes of at least 4 members (excludes halogenated alkanes) is 1. The van der Waals surface area contributed by atoms with Crippen LogP contribution in [-0.4, -0.2) is 66.1 Å². The van der Waals surface area contributed by atoms with Gasteiger partial charge in [0, 0.05) is 25.8 Å². The lowest BCUT2D eigenvalue weighted by atomic mass is 10.1. The first kappa shape index (κ1) is 24.9. The number of hydrogen-bond donors (Lipinski definition) is 1. The second-order valence-corrected chi connectivity index (χ2v) is 10.5. The lowest BCUT2D eigenvalue weighted by Gasteiger charge is -2.35. The number of ether oxygens (including phenoxy) is 1. The number of halogens is 1. The number of fused-ring (bicyclic) bond motifs is 2. The van der Waals surface area contributed by atoms with Crippen LogP contribution in [0.15, 0.2) is 35.3 Å². The summed E-state index contributed by atoms with van der Waals surface area (Å²) in [5, 5.41) is 2.64. The molecule has 12 heteroatoms. The zero-order valence-electron chi connectivity index (χ0n) is 19.5. The molecule has 3 heterocycles. The number of sulfonamides is 1. The van der Waals surface area contributed by atoms with E-state index in [1.807, 2.05) is 6.92 Å². The standard InChI is InChI=1S/C23H27FN4O6S/c1-3-4-11-34-21-19-23(31)27-9-10-28(35(2,32)33)18(27)14-26(19)13-17(20(21)29)22(30)25-12-15-5-7-16(24)8-6-15/h5-8,13,18H,3-4,9-12,14H2,1-2H3,(H,25,30). The van der Waals surface area contributed by atoms with E-state index in [2.05, 4.69) is 5.32 Å². The Labute approximate surface area is 202 Å². The molecule has 0 saturated carbocycles. The van der Waals surface area contributed by atoms with E-state index in [9.17, 15) is 27.2 Å². The molecule has 1 aromatic carbocycles. The molecule has 1 saturated heterocycles. The molecule has 188 valence electrons. The number of rotatable bonds is 8. The van der Waals surface area contributed by atoms with Gasteiger partial charge in [-0.1, -0.05) is 25.5 Å². The Balaban J connectivity index is 1.70. The lowest BCUT2D eigenvalue weighted by Crippen LogP contribution is -2.52. The van der Waals surface area contributed by atoms with Gasteiger partial charge in [0.15, 0.2) is 11.4 Å². The number of nitrogens with zero attached hydrogens (tertiary/aromatic N) is 3. The number of carbonyl (C=O) groups is 2. The predicted octanol–water partition coefficient (Wildman–Crippen LogP) is 1.15. The number of aromatic nitrogens is 1. The van der Waals surface area contributed by atoms with Crippen LogP contribution in [-0.2, 0) is 23.1 Å². The Morgan fingerprint density at radius 1 is 1.20 bits per heavy atom. The topological polar surface area (TPSA) is 118 Å². The minimum atomic E-state index is -3.58. The van der Waals surface area contributed by atoms with Crippen molar-refractivity contribution in [3.05, 3.63) is 63.3 Å². The van der Waals surface area contributed by atoms with E-state index < -0.39 is 39.2 Å². The molecule has 1 aromatic heterocycles. The van der Waals surface area contributed by atoms with Crippen LogP contribution in [0.2, 0.25) is 0 Å². The molecule has 1 N–H and O–H groups in total. The van der Waals surface area contributed by atoms with Crippen LogP contribution >= 0.6 is 0 Å². The highest BCUT2D eigenvalue weighted by molar-refractivity contribution is 7.88. The van der Waals surface area contributed by atoms with Gasteiger partial charge in [-0.15, -0.1) is 0 Å². The molecule has 4 rings (SSSR count). The summed E-state index contributed by atoms with van der Waals surface area (Å²) in [7, 11) is -3.58. The van der Waals surface area contributed by atoms with Crippen molar-refractivity contribution in [2.75, 3.05) is 26.0 Å². The maximum Gasteiger partial charge on any atom is 0.275 e. The minimum absolute atomic E-state index is 0.00721. The second-order valence-electron chi connectivity index (χ2n) is 8.57. The molecule has 2 aliphatic heterocycles. The van der Waals surface area contributed by atoms with Crippen LogP contribution in [0.3, 0.4) is 0 Å². The molecule has 0 radical (unpaired) electrons. The fraction of sp³-hybridized carbons (Fsp3) is 0.435. The predicted molar refractivity (Wildman–Crippen MR) is 125 cm³/mol. The van der Waals surface area contributed by atoms with Gasteiger partial charge in [0.1, 0.15) is 17.5 Å². The monoisotopic (exact) mass is 506 g/mol. The van der Waals surface area contributed by atoms with Crippen LogP contribution in [0, 0.1) is 5.82 Å². The zero-order valence-corrected chi connectivity index (χ0v) is 20.3. The van der Waals surface area contributed by atoms with Gasteiger partial charge in [0.05, 0.1) is 19.4 Å². The van der Waals surface area contributed by atoms with Gasteiger partial charge >= 0.3 is 0 Å². The first-order valence-electron chi connectivity index (χ1n) is 11.3. The first-order valence-corrected chi connectivity index (χ1v) is 13.2. The van der Waals surface area contributed by atoms with E-state index in [1.54, 1.807) is 0 Å². The van der Waals surface area contributed by atoms with E-state index in [0.717, 1.165) is 12.7 Å². The van der Waals surface area contributed by atoms with Gasteiger partial charge in [0.25, 0.3) is 11.8 Å². The average molecular weight is 507 g/mol. The van der Waals surface area contributed by atoms with Crippen molar-refractivity contribution in [3.63, 3.8) is 0 Å². The third-order valence-electron chi connectivity index (χ3n) is 6.10. The van der Waals surface area contributed by atoms with Crippen LogP contribution in [0.25, 0.3) is 0 Å². The van der Waals surface area contributed by atoms with Crippen molar-refractivity contribution < 1.29 is 27.1 Å². The molecular formula is C23H27FN4O6S. The van der Waals surface area contributed by atoms with Crippen LogP contribution in [0.1, 0.15) is 46.2 Å². The Hall–Kier alpha value is -3.25. The molecule has 2 aliphatic rings. The van der Waals surface area contributed by atoms with Crippen molar-refractivity contribution in [2.45, 2.75) is 39.0 Å². The number of amides is 2. The summed E-state index contributed by atoms with van der Waals surface area (Å²) in [6.45, 7) is 2.58. The largest absolute Gasteiger partial charge is 0.487 e. The summed E-state index contributed by atoms with van der Waals surface area (Å²) in [4.78, 5) is 41.0. The summed E-state index contributed by atoms with van der Waals surface area (Å²) < 4.78 is 46.0. The maximum atomic E-state index is 13.3. The molecule has 2 amide bonds. The molecule has 0 aliphatic carbocycles. The molecule has 0 spiro atoms. The van der Waals surface area contributed by atoms with Gasteiger partial charge < -0.3 is 19.5 Å². The number of benzene rings is 1. The molecule has 2 aromatic rings.